The van der Waals surface area contributed by atoms with Gasteiger partial charge >= 0.3 is 0 Å². The Kier molecular flexibility index (Phi) is 5.10. The van der Waals surface area contributed by atoms with Crippen LogP contribution in [0.5, 0.6) is 0 Å². The number of nitrogens with zero attached hydrogens (tertiary/aromatic N) is 3. The molecule has 0 fully saturated rings. The van der Waals surface area contributed by atoms with Crippen LogP contribution >= 0.6 is 0 Å². The Labute approximate surface area is 230 Å². The Balaban J connectivity index is 1.30. The molecule has 4 nitrogen and oxygen atoms in total. The molecular weight excluding hydrogens is 490 g/mol. The first-order valence-electron chi connectivity index (χ1n) is 13.3. The van der Waals surface area contributed by atoms with Gasteiger partial charge in [-0.3, -0.25) is 0 Å². The topological polar surface area (TPSA) is 43.9 Å². The summed E-state index contributed by atoms with van der Waals surface area (Å²) in [6.45, 7) is 0. The smallest absolute Gasteiger partial charge is 0.227 e. The Bertz CT molecular complexity index is 2140. The van der Waals surface area contributed by atoms with Gasteiger partial charge in [-0.2, -0.15) is 0 Å². The predicted molar refractivity (Wildman–Crippen MR) is 162 cm³/mol. The summed E-state index contributed by atoms with van der Waals surface area (Å²) < 4.78 is 8.44. The van der Waals surface area contributed by atoms with Gasteiger partial charge in [0.2, 0.25) is 5.89 Å². The van der Waals surface area contributed by atoms with Crippen molar-refractivity contribution in [1.29, 1.82) is 0 Å². The number of pyridine rings is 1. The quantitative estimate of drug-likeness (QED) is 0.235. The minimum atomic E-state index is 0.621. The van der Waals surface area contributed by atoms with Crippen molar-refractivity contribution in [1.82, 2.24) is 14.5 Å². The number of benzene rings is 5. The molecule has 3 aromatic heterocycles. The third kappa shape index (κ3) is 3.69. The molecule has 8 rings (SSSR count). The lowest BCUT2D eigenvalue weighted by Gasteiger charge is -2.11. The Morgan fingerprint density at radius 3 is 2.10 bits per heavy atom. The largest absolute Gasteiger partial charge is 0.436 e. The van der Waals surface area contributed by atoms with Gasteiger partial charge in [-0.05, 0) is 54.6 Å². The van der Waals surface area contributed by atoms with Gasteiger partial charge < -0.3 is 8.98 Å². The SMILES string of the molecule is c1ccc(-c2cccc(-c3cccc(-n4c5ccccc5c5ccc(-c6nc7ccccc7o6)cc54)c3)n2)cc1. The zero-order valence-electron chi connectivity index (χ0n) is 21.5. The second-order valence-corrected chi connectivity index (χ2v) is 9.90. The van der Waals surface area contributed by atoms with Crippen LogP contribution in [-0.2, 0) is 0 Å². The zero-order valence-corrected chi connectivity index (χ0v) is 21.5. The molecule has 0 saturated carbocycles. The summed E-state index contributed by atoms with van der Waals surface area (Å²) in [5.74, 6) is 0.621. The minimum absolute atomic E-state index is 0.621. The Morgan fingerprint density at radius 1 is 0.475 bits per heavy atom. The van der Waals surface area contributed by atoms with Gasteiger partial charge in [0.1, 0.15) is 5.52 Å². The summed E-state index contributed by atoms with van der Waals surface area (Å²) in [5.41, 5.74) is 9.99. The van der Waals surface area contributed by atoms with Crippen molar-refractivity contribution in [2.24, 2.45) is 0 Å². The summed E-state index contributed by atoms with van der Waals surface area (Å²) in [7, 11) is 0. The lowest BCUT2D eigenvalue weighted by molar-refractivity contribution is 0.620. The van der Waals surface area contributed by atoms with E-state index < -0.39 is 0 Å². The maximum absolute atomic E-state index is 6.12. The standard InChI is InChI=1S/C36H23N3O/c1-2-10-24(11-3-1)30-16-9-17-31(37-30)25-12-8-13-27(22-25)39-33-18-6-4-14-28(33)29-21-20-26(23-34(29)39)36-38-32-15-5-7-19-35(32)40-36/h1-23H. The molecule has 40 heavy (non-hydrogen) atoms. The van der Waals surface area contributed by atoms with Crippen LogP contribution in [-0.4, -0.2) is 14.5 Å². The summed E-state index contributed by atoms with van der Waals surface area (Å²) in [6.07, 6.45) is 0. The number of rotatable bonds is 4. The molecule has 0 aliphatic heterocycles. The maximum Gasteiger partial charge on any atom is 0.227 e. The van der Waals surface area contributed by atoms with Crippen LogP contribution in [0.1, 0.15) is 0 Å². The molecule has 3 heterocycles. The first kappa shape index (κ1) is 22.5. The summed E-state index contributed by atoms with van der Waals surface area (Å²) in [6, 6.07) is 48.0. The van der Waals surface area contributed by atoms with Crippen molar-refractivity contribution in [3.05, 3.63) is 140 Å². The molecule has 0 spiro atoms. The number of para-hydroxylation sites is 3. The van der Waals surface area contributed by atoms with Crippen molar-refractivity contribution in [2.45, 2.75) is 0 Å². The lowest BCUT2D eigenvalue weighted by atomic mass is 10.1. The van der Waals surface area contributed by atoms with Crippen molar-refractivity contribution >= 4 is 32.9 Å². The van der Waals surface area contributed by atoms with E-state index in [9.17, 15) is 0 Å². The van der Waals surface area contributed by atoms with Crippen LogP contribution in [0, 0.1) is 0 Å². The highest BCUT2D eigenvalue weighted by atomic mass is 16.3. The summed E-state index contributed by atoms with van der Waals surface area (Å²) >= 11 is 0. The van der Waals surface area contributed by atoms with Gasteiger partial charge in [0.25, 0.3) is 0 Å². The van der Waals surface area contributed by atoms with E-state index in [2.05, 4.69) is 102 Å². The number of hydrogen-bond donors (Lipinski definition) is 0. The van der Waals surface area contributed by atoms with Crippen molar-refractivity contribution in [2.75, 3.05) is 0 Å². The van der Waals surface area contributed by atoms with Gasteiger partial charge in [-0.25, -0.2) is 9.97 Å². The number of oxazole rings is 1. The molecule has 0 bridgehead atoms. The molecule has 0 amide bonds. The molecule has 0 atom stereocenters. The van der Waals surface area contributed by atoms with E-state index in [0.29, 0.717) is 5.89 Å². The van der Waals surface area contributed by atoms with Crippen LogP contribution in [0.2, 0.25) is 0 Å². The molecule has 4 heteroatoms. The van der Waals surface area contributed by atoms with Gasteiger partial charge in [-0.15, -0.1) is 0 Å². The molecular formula is C36H23N3O. The number of fused-ring (bicyclic) bond motifs is 4. The molecule has 0 radical (unpaired) electrons. The van der Waals surface area contributed by atoms with Gasteiger partial charge in [-0.1, -0.05) is 84.9 Å². The highest BCUT2D eigenvalue weighted by molar-refractivity contribution is 6.10. The monoisotopic (exact) mass is 513 g/mol. The average molecular weight is 514 g/mol. The normalized spacial score (nSPS) is 11.5. The van der Waals surface area contributed by atoms with E-state index in [1.54, 1.807) is 0 Å². The van der Waals surface area contributed by atoms with Crippen LogP contribution < -0.4 is 0 Å². The average Bonchev–Trinajstić information content (AvgIpc) is 3.61. The fourth-order valence-electron chi connectivity index (χ4n) is 5.55. The summed E-state index contributed by atoms with van der Waals surface area (Å²) in [4.78, 5) is 9.75. The number of hydrogen-bond acceptors (Lipinski definition) is 3. The van der Waals surface area contributed by atoms with E-state index in [4.69, 9.17) is 14.4 Å². The molecule has 0 aliphatic carbocycles. The highest BCUT2D eigenvalue weighted by Crippen LogP contribution is 2.36. The molecule has 0 N–H and O–H groups in total. The van der Waals surface area contributed by atoms with E-state index in [-0.39, 0.29) is 0 Å². The van der Waals surface area contributed by atoms with Crippen molar-refractivity contribution in [3.63, 3.8) is 0 Å². The molecule has 5 aromatic carbocycles. The first-order valence-corrected chi connectivity index (χ1v) is 13.3. The van der Waals surface area contributed by atoms with Crippen LogP contribution in [0.25, 0.3) is 72.6 Å². The minimum Gasteiger partial charge on any atom is -0.436 e. The van der Waals surface area contributed by atoms with Crippen molar-refractivity contribution < 1.29 is 4.42 Å². The van der Waals surface area contributed by atoms with Crippen LogP contribution in [0.3, 0.4) is 0 Å². The van der Waals surface area contributed by atoms with Gasteiger partial charge in [0.05, 0.1) is 22.4 Å². The lowest BCUT2D eigenvalue weighted by Crippen LogP contribution is -1.95. The second kappa shape index (κ2) is 9.07. The molecule has 0 unspecified atom stereocenters. The Hall–Kier alpha value is -5.48. The maximum atomic E-state index is 6.12. The molecule has 8 aromatic rings. The fraction of sp³-hybridized carbons (Fsp3) is 0. The summed E-state index contributed by atoms with van der Waals surface area (Å²) in [5, 5.41) is 2.39. The van der Waals surface area contributed by atoms with E-state index in [1.807, 2.05) is 42.5 Å². The zero-order chi connectivity index (χ0) is 26.5. The van der Waals surface area contributed by atoms with Gasteiger partial charge in [0, 0.05) is 33.2 Å². The fourth-order valence-corrected chi connectivity index (χ4v) is 5.55. The van der Waals surface area contributed by atoms with E-state index in [0.717, 1.165) is 55.9 Å². The van der Waals surface area contributed by atoms with E-state index in [1.165, 1.54) is 10.8 Å². The predicted octanol–water partition coefficient (Wildman–Crippen LogP) is 9.32. The van der Waals surface area contributed by atoms with Crippen LogP contribution in [0.4, 0.5) is 0 Å². The third-order valence-corrected chi connectivity index (χ3v) is 7.43. The number of aromatic nitrogens is 3. The van der Waals surface area contributed by atoms with Crippen LogP contribution in [0.15, 0.2) is 144 Å². The highest BCUT2D eigenvalue weighted by Gasteiger charge is 2.16. The first-order chi connectivity index (χ1) is 19.8. The molecule has 0 saturated heterocycles. The van der Waals surface area contributed by atoms with Gasteiger partial charge in [0.15, 0.2) is 5.58 Å². The van der Waals surface area contributed by atoms with E-state index >= 15 is 0 Å². The molecule has 0 aliphatic rings. The Morgan fingerprint density at radius 2 is 1.20 bits per heavy atom. The second-order valence-electron chi connectivity index (χ2n) is 9.90. The third-order valence-electron chi connectivity index (χ3n) is 7.43. The van der Waals surface area contributed by atoms with Crippen molar-refractivity contribution in [3.8, 4) is 39.7 Å². The molecule has 188 valence electrons.